The first-order valence-corrected chi connectivity index (χ1v) is 7.03. The molecule has 1 N–H and O–H groups in total. The molecule has 0 aliphatic carbocycles. The largest absolute Gasteiger partial charge is 0.465 e. The molecule has 5 heteroatoms. The quantitative estimate of drug-likeness (QED) is 0.402. The molecule has 4 nitrogen and oxygen atoms in total. The Labute approximate surface area is 127 Å². The van der Waals surface area contributed by atoms with Gasteiger partial charge >= 0.3 is 5.97 Å². The number of hydrogen-bond acceptors (Lipinski definition) is 3. The van der Waals surface area contributed by atoms with Gasteiger partial charge < -0.3 is 9.72 Å². The number of esters is 1. The summed E-state index contributed by atoms with van der Waals surface area (Å²) in [5, 5.41) is 1.13. The number of fused-ring (bicyclic) bond motifs is 2. The molecule has 0 spiro atoms. The van der Waals surface area contributed by atoms with Gasteiger partial charge in [-0.2, -0.15) is 0 Å². The van der Waals surface area contributed by atoms with E-state index in [1.807, 2.05) is 18.2 Å². The number of H-pyrrole nitrogens is 1. The molecule has 0 atom stereocenters. The SMILES string of the molecule is COC(=O)c1cccc2c(=O)c3c(I)cccc3[nH]c12. The Morgan fingerprint density at radius 1 is 1.20 bits per heavy atom. The van der Waals surface area contributed by atoms with Crippen LogP contribution < -0.4 is 5.43 Å². The highest BCUT2D eigenvalue weighted by atomic mass is 127. The van der Waals surface area contributed by atoms with E-state index in [1.54, 1.807) is 18.2 Å². The number of nitrogens with one attached hydrogen (secondary N) is 1. The molecule has 1 heterocycles. The molecule has 2 aromatic carbocycles. The van der Waals surface area contributed by atoms with E-state index in [2.05, 4.69) is 27.6 Å². The maximum Gasteiger partial charge on any atom is 0.339 e. The first kappa shape index (κ1) is 13.1. The maximum atomic E-state index is 12.6. The lowest BCUT2D eigenvalue weighted by Gasteiger charge is -2.07. The molecule has 0 aliphatic rings. The summed E-state index contributed by atoms with van der Waals surface area (Å²) >= 11 is 2.13. The van der Waals surface area contributed by atoms with Gasteiger partial charge in [-0.1, -0.05) is 12.1 Å². The highest BCUT2D eigenvalue weighted by molar-refractivity contribution is 14.1. The van der Waals surface area contributed by atoms with Crippen molar-refractivity contribution in [3.63, 3.8) is 0 Å². The Morgan fingerprint density at radius 3 is 2.70 bits per heavy atom. The van der Waals surface area contributed by atoms with Gasteiger partial charge in [-0.05, 0) is 46.9 Å². The van der Waals surface area contributed by atoms with Crippen LogP contribution in [0.4, 0.5) is 0 Å². The Bertz CT molecular complexity index is 899. The van der Waals surface area contributed by atoms with Crippen LogP contribution in [0.3, 0.4) is 0 Å². The molecule has 20 heavy (non-hydrogen) atoms. The molecule has 0 radical (unpaired) electrons. The van der Waals surface area contributed by atoms with Gasteiger partial charge in [-0.25, -0.2) is 4.79 Å². The summed E-state index contributed by atoms with van der Waals surface area (Å²) in [5.74, 6) is -0.462. The summed E-state index contributed by atoms with van der Waals surface area (Å²) in [6.45, 7) is 0. The molecule has 0 bridgehead atoms. The number of pyridine rings is 1. The minimum Gasteiger partial charge on any atom is -0.465 e. The van der Waals surface area contributed by atoms with Crippen LogP contribution in [0.15, 0.2) is 41.2 Å². The zero-order valence-corrected chi connectivity index (χ0v) is 12.7. The molecular weight excluding hydrogens is 369 g/mol. The van der Waals surface area contributed by atoms with Gasteiger partial charge in [0.1, 0.15) is 0 Å². The Morgan fingerprint density at radius 2 is 1.95 bits per heavy atom. The Kier molecular flexibility index (Phi) is 3.21. The van der Waals surface area contributed by atoms with Crippen LogP contribution in [0.1, 0.15) is 10.4 Å². The summed E-state index contributed by atoms with van der Waals surface area (Å²) in [6.07, 6.45) is 0. The first-order chi connectivity index (χ1) is 9.63. The van der Waals surface area contributed by atoms with Gasteiger partial charge in [-0.15, -0.1) is 0 Å². The van der Waals surface area contributed by atoms with Gasteiger partial charge in [0.25, 0.3) is 0 Å². The average Bonchev–Trinajstić information content (AvgIpc) is 2.46. The van der Waals surface area contributed by atoms with Crippen molar-refractivity contribution in [3.8, 4) is 0 Å². The fraction of sp³-hybridized carbons (Fsp3) is 0.0667. The number of ether oxygens (including phenoxy) is 1. The topological polar surface area (TPSA) is 59.2 Å². The lowest BCUT2D eigenvalue weighted by Crippen LogP contribution is -2.10. The number of benzene rings is 2. The number of para-hydroxylation sites is 1. The third-order valence-electron chi connectivity index (χ3n) is 3.21. The second-order valence-electron chi connectivity index (χ2n) is 4.34. The fourth-order valence-electron chi connectivity index (χ4n) is 2.28. The van der Waals surface area contributed by atoms with E-state index in [0.29, 0.717) is 27.4 Å². The summed E-state index contributed by atoms with van der Waals surface area (Å²) in [4.78, 5) is 27.6. The number of halogens is 1. The summed E-state index contributed by atoms with van der Waals surface area (Å²) < 4.78 is 5.64. The average molecular weight is 379 g/mol. The molecule has 100 valence electrons. The molecule has 3 aromatic rings. The van der Waals surface area contributed by atoms with Crippen molar-refractivity contribution in [1.82, 2.24) is 4.98 Å². The second-order valence-corrected chi connectivity index (χ2v) is 5.50. The number of aromatic nitrogens is 1. The van der Waals surface area contributed by atoms with E-state index >= 15 is 0 Å². The fourth-order valence-corrected chi connectivity index (χ4v) is 3.03. The lowest BCUT2D eigenvalue weighted by molar-refractivity contribution is 0.0603. The minimum atomic E-state index is -0.462. The molecule has 1 aromatic heterocycles. The Balaban J connectivity index is 2.54. The monoisotopic (exact) mass is 379 g/mol. The van der Waals surface area contributed by atoms with Gasteiger partial charge in [0.05, 0.1) is 29.1 Å². The van der Waals surface area contributed by atoms with Crippen LogP contribution in [0.5, 0.6) is 0 Å². The maximum absolute atomic E-state index is 12.6. The smallest absolute Gasteiger partial charge is 0.339 e. The predicted octanol–water partition coefficient (Wildman–Crippen LogP) is 3.07. The summed E-state index contributed by atoms with van der Waals surface area (Å²) in [5.41, 5.74) is 1.51. The molecular formula is C15H10INO3. The molecule has 0 fully saturated rings. The zero-order valence-electron chi connectivity index (χ0n) is 10.6. The van der Waals surface area contributed by atoms with Crippen molar-refractivity contribution in [2.24, 2.45) is 0 Å². The van der Waals surface area contributed by atoms with Crippen molar-refractivity contribution in [3.05, 3.63) is 55.8 Å². The van der Waals surface area contributed by atoms with E-state index in [-0.39, 0.29) is 5.43 Å². The normalized spacial score (nSPS) is 10.9. The standard InChI is InChI=1S/C15H10INO3/c1-20-15(19)9-5-2-4-8-13(9)17-11-7-3-6-10(16)12(11)14(8)18/h2-7H,1H3,(H,17,18). The molecule has 0 saturated heterocycles. The number of rotatable bonds is 1. The minimum absolute atomic E-state index is 0.0792. The highest BCUT2D eigenvalue weighted by Gasteiger charge is 2.14. The van der Waals surface area contributed by atoms with E-state index in [0.717, 1.165) is 3.57 Å². The van der Waals surface area contributed by atoms with Gasteiger partial charge in [-0.3, -0.25) is 4.79 Å². The lowest BCUT2D eigenvalue weighted by atomic mass is 10.1. The van der Waals surface area contributed by atoms with E-state index in [1.165, 1.54) is 7.11 Å². The van der Waals surface area contributed by atoms with Crippen molar-refractivity contribution in [2.75, 3.05) is 7.11 Å². The summed E-state index contributed by atoms with van der Waals surface area (Å²) in [6, 6.07) is 10.6. The van der Waals surface area contributed by atoms with Crippen LogP contribution in [0, 0.1) is 3.57 Å². The number of aromatic amines is 1. The number of carbonyl (C=O) groups excluding carboxylic acids is 1. The van der Waals surface area contributed by atoms with Crippen LogP contribution in [-0.4, -0.2) is 18.1 Å². The number of methoxy groups -OCH3 is 1. The van der Waals surface area contributed by atoms with Crippen molar-refractivity contribution in [2.45, 2.75) is 0 Å². The van der Waals surface area contributed by atoms with Gasteiger partial charge in [0.15, 0.2) is 5.43 Å². The van der Waals surface area contributed by atoms with Crippen LogP contribution >= 0.6 is 22.6 Å². The van der Waals surface area contributed by atoms with E-state index < -0.39 is 5.97 Å². The van der Waals surface area contributed by atoms with Crippen LogP contribution in [0.25, 0.3) is 21.8 Å². The van der Waals surface area contributed by atoms with Gasteiger partial charge in [0.2, 0.25) is 0 Å². The molecule has 3 rings (SSSR count). The third kappa shape index (κ3) is 1.89. The highest BCUT2D eigenvalue weighted by Crippen LogP contribution is 2.21. The van der Waals surface area contributed by atoms with Crippen LogP contribution in [0.2, 0.25) is 0 Å². The van der Waals surface area contributed by atoms with Crippen molar-refractivity contribution in [1.29, 1.82) is 0 Å². The van der Waals surface area contributed by atoms with Crippen LogP contribution in [-0.2, 0) is 4.74 Å². The van der Waals surface area contributed by atoms with Crippen molar-refractivity contribution >= 4 is 50.4 Å². The van der Waals surface area contributed by atoms with Crippen molar-refractivity contribution < 1.29 is 9.53 Å². The molecule has 0 unspecified atom stereocenters. The Hall–Kier alpha value is -1.89. The third-order valence-corrected chi connectivity index (χ3v) is 4.11. The number of carbonyl (C=O) groups is 1. The predicted molar refractivity (Wildman–Crippen MR) is 86.1 cm³/mol. The second kappa shape index (κ2) is 4.90. The zero-order chi connectivity index (χ0) is 14.3. The molecule has 0 saturated carbocycles. The molecule has 0 aliphatic heterocycles. The summed E-state index contributed by atoms with van der Waals surface area (Å²) in [7, 11) is 1.32. The molecule has 0 amide bonds. The van der Waals surface area contributed by atoms with Gasteiger partial charge in [0, 0.05) is 8.96 Å². The van der Waals surface area contributed by atoms with E-state index in [9.17, 15) is 9.59 Å². The van der Waals surface area contributed by atoms with E-state index in [4.69, 9.17) is 4.74 Å². The first-order valence-electron chi connectivity index (χ1n) is 5.95. The number of hydrogen-bond donors (Lipinski definition) is 1.